The highest BCUT2D eigenvalue weighted by Gasteiger charge is 2.64. The van der Waals surface area contributed by atoms with Crippen molar-refractivity contribution in [3.8, 4) is 11.1 Å². The van der Waals surface area contributed by atoms with Crippen LogP contribution in [0.5, 0.6) is 0 Å². The molecule has 248 valence electrons. The van der Waals surface area contributed by atoms with Crippen molar-refractivity contribution in [2.24, 2.45) is 5.41 Å². The van der Waals surface area contributed by atoms with E-state index < -0.39 is 35.5 Å². The normalized spacial score (nSPS) is 20.4. The number of aromatic nitrogens is 5. The summed E-state index contributed by atoms with van der Waals surface area (Å²) in [5, 5.41) is 7.33. The van der Waals surface area contributed by atoms with Crippen LogP contribution in [0.3, 0.4) is 0 Å². The Morgan fingerprint density at radius 1 is 1.08 bits per heavy atom. The van der Waals surface area contributed by atoms with Crippen LogP contribution in [0.4, 0.5) is 23.4 Å². The molecule has 0 spiro atoms. The molecule has 1 unspecified atom stereocenters. The fourth-order valence-electron chi connectivity index (χ4n) is 7.00. The third kappa shape index (κ3) is 5.10. The number of rotatable bonds is 6. The van der Waals surface area contributed by atoms with Crippen molar-refractivity contribution in [2.45, 2.75) is 72.3 Å². The first-order valence-electron chi connectivity index (χ1n) is 15.4. The third-order valence-electron chi connectivity index (χ3n) is 9.61. The van der Waals surface area contributed by atoms with Crippen LogP contribution in [0.15, 0.2) is 42.9 Å². The summed E-state index contributed by atoms with van der Waals surface area (Å²) in [6, 6.07) is 4.23. The summed E-state index contributed by atoms with van der Waals surface area (Å²) >= 11 is 0. The Balaban J connectivity index is 1.22. The van der Waals surface area contributed by atoms with Gasteiger partial charge in [0.25, 0.3) is 0 Å². The fourth-order valence-corrected chi connectivity index (χ4v) is 7.00. The number of nitrogens with zero attached hydrogens (tertiary/aromatic N) is 6. The highest BCUT2D eigenvalue weighted by atomic mass is 19.4. The molecule has 2 aliphatic rings. The third-order valence-corrected chi connectivity index (χ3v) is 9.61. The lowest BCUT2D eigenvalue weighted by atomic mass is 9.99. The fraction of sp³-hybridized carbons (Fsp3) is 0.353. The second kappa shape index (κ2) is 10.7. The molecular weight excluding hydrogens is 630 g/mol. The Morgan fingerprint density at radius 2 is 1.83 bits per heavy atom. The van der Waals surface area contributed by atoms with Crippen molar-refractivity contribution < 1.29 is 31.9 Å². The second-order valence-electron chi connectivity index (χ2n) is 13.2. The molecule has 1 saturated carbocycles. The van der Waals surface area contributed by atoms with Gasteiger partial charge in [0.1, 0.15) is 29.9 Å². The maximum absolute atomic E-state index is 16.1. The van der Waals surface area contributed by atoms with Crippen LogP contribution in [-0.4, -0.2) is 58.7 Å². The molecule has 1 N–H and O–H groups in total. The summed E-state index contributed by atoms with van der Waals surface area (Å²) in [4.78, 5) is 49.8. The number of benzene rings is 1. The van der Waals surface area contributed by atoms with E-state index in [1.165, 1.54) is 41.8 Å². The molecule has 48 heavy (non-hydrogen) atoms. The van der Waals surface area contributed by atoms with E-state index in [4.69, 9.17) is 0 Å². The number of halogens is 4. The second-order valence-corrected chi connectivity index (χ2v) is 13.2. The number of carbonyl (C=O) groups excluding carboxylic acids is 3. The van der Waals surface area contributed by atoms with E-state index in [0.29, 0.717) is 46.1 Å². The standard InChI is InChI=1S/C34H31F4N7O3/c1-16-6-7-25(34(36,37)38)40-31(16)41-32(48)24-10-33(5)11-26(33)45(24)28(47)15-43-14-23(19(4)46)22-9-21(29(35)18(3)30(22)43)20-12-39-27-8-17(2)42-44(27)13-20/h6-9,12-14,24,26H,10-11,15H2,1-5H3,(H,40,41,48)/t24-,26?,33-/m0/s1. The minimum atomic E-state index is -4.70. The molecular formula is C34H31F4N7O3. The number of alkyl halides is 3. The van der Waals surface area contributed by atoms with Gasteiger partial charge in [-0.1, -0.05) is 13.0 Å². The number of pyridine rings is 1. The van der Waals surface area contributed by atoms with E-state index >= 15 is 4.39 Å². The Morgan fingerprint density at radius 3 is 2.54 bits per heavy atom. The minimum absolute atomic E-state index is 0.220. The summed E-state index contributed by atoms with van der Waals surface area (Å²) in [6.07, 6.45) is 1.01. The van der Waals surface area contributed by atoms with Crippen molar-refractivity contribution >= 4 is 40.0 Å². The van der Waals surface area contributed by atoms with E-state index in [1.807, 2.05) is 13.8 Å². The molecule has 2 fully saturated rings. The monoisotopic (exact) mass is 661 g/mol. The predicted octanol–water partition coefficient (Wildman–Crippen LogP) is 6.05. The number of carbonyl (C=O) groups is 3. The van der Waals surface area contributed by atoms with Crippen LogP contribution in [0.25, 0.3) is 27.7 Å². The Kier molecular flexibility index (Phi) is 7.01. The lowest BCUT2D eigenvalue weighted by Crippen LogP contribution is -2.46. The lowest BCUT2D eigenvalue weighted by Gasteiger charge is -2.27. The number of nitrogens with one attached hydrogen (secondary N) is 1. The number of hydrogen-bond donors (Lipinski definition) is 1. The van der Waals surface area contributed by atoms with Crippen LogP contribution in [0.2, 0.25) is 0 Å². The largest absolute Gasteiger partial charge is 0.433 e. The first-order chi connectivity index (χ1) is 22.6. The summed E-state index contributed by atoms with van der Waals surface area (Å²) < 4.78 is 59.1. The zero-order valence-electron chi connectivity index (χ0n) is 26.7. The van der Waals surface area contributed by atoms with E-state index in [0.717, 1.165) is 11.8 Å². The molecule has 1 aliphatic heterocycles. The van der Waals surface area contributed by atoms with Gasteiger partial charge in [-0.05, 0) is 63.6 Å². The van der Waals surface area contributed by atoms with E-state index in [9.17, 15) is 27.6 Å². The van der Waals surface area contributed by atoms with Crippen molar-refractivity contribution in [3.63, 3.8) is 0 Å². The number of amides is 2. The lowest BCUT2D eigenvalue weighted by molar-refractivity contribution is -0.141. The van der Waals surface area contributed by atoms with Crippen LogP contribution in [0, 0.1) is 32.0 Å². The number of aryl methyl sites for hydroxylation is 3. The van der Waals surface area contributed by atoms with Crippen molar-refractivity contribution in [1.82, 2.24) is 29.0 Å². The molecule has 2 amide bonds. The van der Waals surface area contributed by atoms with Gasteiger partial charge < -0.3 is 14.8 Å². The highest BCUT2D eigenvalue weighted by molar-refractivity contribution is 6.09. The van der Waals surface area contributed by atoms with E-state index in [2.05, 4.69) is 20.4 Å². The van der Waals surface area contributed by atoms with Gasteiger partial charge in [0.2, 0.25) is 11.8 Å². The summed E-state index contributed by atoms with van der Waals surface area (Å²) in [6.45, 7) is 7.98. The van der Waals surface area contributed by atoms with Crippen LogP contribution >= 0.6 is 0 Å². The number of likely N-dealkylation sites (tertiary alicyclic amines) is 1. The minimum Gasteiger partial charge on any atom is -0.337 e. The van der Waals surface area contributed by atoms with Gasteiger partial charge in [-0.15, -0.1) is 0 Å². The Hall–Kier alpha value is -5.14. The zero-order valence-corrected chi connectivity index (χ0v) is 26.7. The van der Waals surface area contributed by atoms with Gasteiger partial charge in [0.15, 0.2) is 11.4 Å². The number of hydrogen-bond acceptors (Lipinski definition) is 6. The maximum Gasteiger partial charge on any atom is 0.433 e. The zero-order chi connectivity index (χ0) is 34.4. The summed E-state index contributed by atoms with van der Waals surface area (Å²) in [5.74, 6) is -2.13. The SMILES string of the molecule is CC(=O)c1cn(CC(=O)N2C3C[C@]3(C)C[C@H]2C(=O)Nc2nc(C(F)(F)F)ccc2C)c2c(C)c(F)c(-c3cnc4cc(C)nn4c3)cc12. The molecule has 5 aromatic rings. The highest BCUT2D eigenvalue weighted by Crippen LogP contribution is 2.59. The molecule has 1 aromatic carbocycles. The molecule has 10 nitrogen and oxygen atoms in total. The number of fused-ring (bicyclic) bond motifs is 3. The summed E-state index contributed by atoms with van der Waals surface area (Å²) in [7, 11) is 0. The summed E-state index contributed by atoms with van der Waals surface area (Å²) in [5.41, 5.74) is 1.78. The maximum atomic E-state index is 16.1. The topological polar surface area (TPSA) is 114 Å². The molecule has 1 aliphatic carbocycles. The molecule has 1 saturated heterocycles. The number of Topliss-reactive ketones (excluding diaryl/α,β-unsaturated/α-hetero) is 1. The quantitative estimate of drug-likeness (QED) is 0.175. The molecule has 14 heteroatoms. The van der Waals surface area contributed by atoms with Gasteiger partial charge in [-0.3, -0.25) is 14.4 Å². The van der Waals surface area contributed by atoms with Crippen LogP contribution in [0.1, 0.15) is 59.6 Å². The van der Waals surface area contributed by atoms with Crippen molar-refractivity contribution in [2.75, 3.05) is 5.32 Å². The van der Waals surface area contributed by atoms with E-state index in [-0.39, 0.29) is 40.7 Å². The van der Waals surface area contributed by atoms with Gasteiger partial charge in [0.05, 0.1) is 11.2 Å². The van der Waals surface area contributed by atoms with Gasteiger partial charge in [-0.25, -0.2) is 18.9 Å². The molecule has 5 heterocycles. The number of ketones is 1. The molecule has 4 aromatic heterocycles. The molecule has 0 radical (unpaired) electrons. The smallest absolute Gasteiger partial charge is 0.337 e. The van der Waals surface area contributed by atoms with Crippen LogP contribution < -0.4 is 5.32 Å². The van der Waals surface area contributed by atoms with Crippen LogP contribution in [-0.2, 0) is 22.3 Å². The molecule has 7 rings (SSSR count). The number of anilines is 1. The van der Waals surface area contributed by atoms with Crippen molar-refractivity contribution in [3.05, 3.63) is 76.8 Å². The Bertz CT molecular complexity index is 2200. The predicted molar refractivity (Wildman–Crippen MR) is 168 cm³/mol. The molecule has 3 atom stereocenters. The average molecular weight is 662 g/mol. The van der Waals surface area contributed by atoms with E-state index in [1.54, 1.807) is 29.8 Å². The number of piperidine rings is 1. The first kappa shape index (κ1) is 31.5. The van der Waals surface area contributed by atoms with Gasteiger partial charge >= 0.3 is 6.18 Å². The first-order valence-corrected chi connectivity index (χ1v) is 15.4. The van der Waals surface area contributed by atoms with Gasteiger partial charge in [-0.2, -0.15) is 18.3 Å². The molecule has 0 bridgehead atoms. The van der Waals surface area contributed by atoms with Crippen molar-refractivity contribution in [1.29, 1.82) is 0 Å². The average Bonchev–Trinajstić information content (AvgIpc) is 3.27. The van der Waals surface area contributed by atoms with Gasteiger partial charge in [0, 0.05) is 58.3 Å². The Labute approximate surface area is 271 Å².